The molecule has 3 nitrogen and oxygen atoms in total. The van der Waals surface area contributed by atoms with Crippen LogP contribution < -0.4 is 11.1 Å². The fourth-order valence-corrected chi connectivity index (χ4v) is 2.03. The van der Waals surface area contributed by atoms with E-state index in [4.69, 9.17) is 5.73 Å². The summed E-state index contributed by atoms with van der Waals surface area (Å²) in [6, 6.07) is 0.196. The van der Waals surface area contributed by atoms with Gasteiger partial charge >= 0.3 is 0 Å². The van der Waals surface area contributed by atoms with E-state index in [0.29, 0.717) is 0 Å². The Kier molecular flexibility index (Phi) is 7.02. The van der Waals surface area contributed by atoms with Crippen molar-refractivity contribution in [1.29, 1.82) is 0 Å². The normalized spacial score (nSPS) is 16.9. The number of amides is 1. The average molecular weight is 232 g/mol. The highest BCUT2D eigenvalue weighted by molar-refractivity contribution is 7.99. The van der Waals surface area contributed by atoms with Gasteiger partial charge in [0.1, 0.15) is 0 Å². The van der Waals surface area contributed by atoms with E-state index in [1.54, 1.807) is 6.92 Å². The highest BCUT2D eigenvalue weighted by Crippen LogP contribution is 2.09. The van der Waals surface area contributed by atoms with Gasteiger partial charge in [0.15, 0.2) is 0 Å². The van der Waals surface area contributed by atoms with E-state index in [1.165, 1.54) is 0 Å². The Balaban J connectivity index is 4.00. The summed E-state index contributed by atoms with van der Waals surface area (Å²) in [7, 11) is 0. The van der Waals surface area contributed by atoms with Crippen molar-refractivity contribution in [2.75, 3.05) is 11.5 Å². The molecule has 2 atom stereocenters. The number of nitrogens with one attached hydrogen (secondary N) is 1. The van der Waals surface area contributed by atoms with Crippen LogP contribution in [0.5, 0.6) is 0 Å². The third-order valence-electron chi connectivity index (χ3n) is 2.24. The highest BCUT2D eigenvalue weighted by atomic mass is 32.2. The summed E-state index contributed by atoms with van der Waals surface area (Å²) in [4.78, 5) is 11.8. The lowest BCUT2D eigenvalue weighted by Crippen LogP contribution is -2.54. The molecular weight excluding hydrogens is 208 g/mol. The van der Waals surface area contributed by atoms with Crippen molar-refractivity contribution in [3.05, 3.63) is 0 Å². The van der Waals surface area contributed by atoms with E-state index in [-0.39, 0.29) is 11.9 Å². The first kappa shape index (κ1) is 14.8. The number of nitrogens with two attached hydrogens (primary N) is 1. The van der Waals surface area contributed by atoms with Crippen LogP contribution in [0.1, 0.15) is 40.5 Å². The number of thioether (sulfide) groups is 1. The molecule has 0 aromatic heterocycles. The topological polar surface area (TPSA) is 55.1 Å². The Morgan fingerprint density at radius 1 is 1.53 bits per heavy atom. The van der Waals surface area contributed by atoms with Crippen molar-refractivity contribution in [3.8, 4) is 0 Å². The van der Waals surface area contributed by atoms with Crippen LogP contribution in [-0.2, 0) is 4.79 Å². The molecule has 0 rings (SSSR count). The lowest BCUT2D eigenvalue weighted by Gasteiger charge is -2.25. The maximum absolute atomic E-state index is 11.8. The first-order valence-corrected chi connectivity index (χ1v) is 6.77. The van der Waals surface area contributed by atoms with E-state index in [1.807, 2.05) is 25.6 Å². The first-order chi connectivity index (χ1) is 6.94. The molecule has 90 valence electrons. The summed E-state index contributed by atoms with van der Waals surface area (Å²) in [5.41, 5.74) is 5.21. The second-order valence-corrected chi connectivity index (χ2v) is 5.52. The highest BCUT2D eigenvalue weighted by Gasteiger charge is 2.27. The van der Waals surface area contributed by atoms with Crippen LogP contribution in [0.2, 0.25) is 0 Å². The zero-order chi connectivity index (χ0) is 11.9. The summed E-state index contributed by atoms with van der Waals surface area (Å²) in [5.74, 6) is 1.99. The van der Waals surface area contributed by atoms with Crippen LogP contribution in [0, 0.1) is 0 Å². The van der Waals surface area contributed by atoms with Gasteiger partial charge in [-0.3, -0.25) is 4.79 Å². The number of carbonyl (C=O) groups is 1. The van der Waals surface area contributed by atoms with Gasteiger partial charge < -0.3 is 11.1 Å². The van der Waals surface area contributed by atoms with E-state index < -0.39 is 5.54 Å². The maximum atomic E-state index is 11.8. The molecule has 0 heterocycles. The molecule has 0 radical (unpaired) electrons. The Morgan fingerprint density at radius 2 is 2.13 bits per heavy atom. The second-order valence-electron chi connectivity index (χ2n) is 4.20. The van der Waals surface area contributed by atoms with Gasteiger partial charge in [0, 0.05) is 11.8 Å². The summed E-state index contributed by atoms with van der Waals surface area (Å²) in [6.45, 7) is 7.96. The SMILES string of the molecule is CCCC(C)(N)C(=O)NC(C)CSCC. The monoisotopic (exact) mass is 232 g/mol. The van der Waals surface area contributed by atoms with Crippen LogP contribution >= 0.6 is 11.8 Å². The number of rotatable bonds is 7. The smallest absolute Gasteiger partial charge is 0.240 e. The first-order valence-electron chi connectivity index (χ1n) is 5.61. The summed E-state index contributed by atoms with van der Waals surface area (Å²) in [6.07, 6.45) is 1.66. The van der Waals surface area contributed by atoms with E-state index in [0.717, 1.165) is 24.3 Å². The summed E-state index contributed by atoms with van der Waals surface area (Å²) < 4.78 is 0. The minimum absolute atomic E-state index is 0.0337. The van der Waals surface area contributed by atoms with Crippen LogP contribution in [0.4, 0.5) is 0 Å². The standard InChI is InChI=1S/C11H24N2OS/c1-5-7-11(4,12)10(14)13-9(3)8-15-6-2/h9H,5-8,12H2,1-4H3,(H,13,14). The van der Waals surface area contributed by atoms with Crippen molar-refractivity contribution in [3.63, 3.8) is 0 Å². The number of hydrogen-bond donors (Lipinski definition) is 2. The predicted octanol–water partition coefficient (Wildman–Crippen LogP) is 1.76. The van der Waals surface area contributed by atoms with Gasteiger partial charge in [-0.15, -0.1) is 0 Å². The fraction of sp³-hybridized carbons (Fsp3) is 0.909. The Hall–Kier alpha value is -0.220. The van der Waals surface area contributed by atoms with Crippen molar-refractivity contribution < 1.29 is 4.79 Å². The van der Waals surface area contributed by atoms with Gasteiger partial charge in [0.05, 0.1) is 5.54 Å². The number of carbonyl (C=O) groups excluding carboxylic acids is 1. The number of hydrogen-bond acceptors (Lipinski definition) is 3. The van der Waals surface area contributed by atoms with E-state index in [9.17, 15) is 4.79 Å². The van der Waals surface area contributed by atoms with Gasteiger partial charge in [0.25, 0.3) is 0 Å². The van der Waals surface area contributed by atoms with Gasteiger partial charge in [-0.05, 0) is 26.0 Å². The van der Waals surface area contributed by atoms with Gasteiger partial charge in [-0.1, -0.05) is 20.3 Å². The lowest BCUT2D eigenvalue weighted by molar-refractivity contribution is -0.126. The van der Waals surface area contributed by atoms with E-state index in [2.05, 4.69) is 12.2 Å². The molecule has 0 saturated carbocycles. The molecule has 0 fully saturated rings. The van der Waals surface area contributed by atoms with Crippen molar-refractivity contribution in [1.82, 2.24) is 5.32 Å². The minimum Gasteiger partial charge on any atom is -0.351 e. The molecule has 0 aliphatic carbocycles. The fourth-order valence-electron chi connectivity index (χ4n) is 1.36. The molecule has 0 saturated heterocycles. The molecular formula is C11H24N2OS. The van der Waals surface area contributed by atoms with Gasteiger partial charge in [-0.25, -0.2) is 0 Å². The molecule has 0 bridgehead atoms. The quantitative estimate of drug-likeness (QED) is 0.703. The molecule has 0 aromatic carbocycles. The van der Waals surface area contributed by atoms with Crippen LogP contribution in [0.15, 0.2) is 0 Å². The van der Waals surface area contributed by atoms with Crippen LogP contribution in [0.25, 0.3) is 0 Å². The molecule has 0 aliphatic heterocycles. The third-order valence-corrected chi connectivity index (χ3v) is 3.38. The summed E-state index contributed by atoms with van der Waals surface area (Å²) >= 11 is 1.83. The van der Waals surface area contributed by atoms with Crippen LogP contribution in [0.3, 0.4) is 0 Å². The van der Waals surface area contributed by atoms with Crippen LogP contribution in [-0.4, -0.2) is 29.0 Å². The Labute approximate surface area is 97.6 Å². The zero-order valence-corrected chi connectivity index (χ0v) is 11.1. The van der Waals surface area contributed by atoms with Crippen molar-refractivity contribution >= 4 is 17.7 Å². The Morgan fingerprint density at radius 3 is 2.60 bits per heavy atom. The largest absolute Gasteiger partial charge is 0.351 e. The second kappa shape index (κ2) is 7.12. The maximum Gasteiger partial charge on any atom is 0.240 e. The third kappa shape index (κ3) is 6.05. The Bertz CT molecular complexity index is 195. The predicted molar refractivity (Wildman–Crippen MR) is 68.1 cm³/mol. The van der Waals surface area contributed by atoms with Crippen molar-refractivity contribution in [2.24, 2.45) is 5.73 Å². The average Bonchev–Trinajstić information content (AvgIpc) is 2.14. The molecule has 1 amide bonds. The van der Waals surface area contributed by atoms with Gasteiger partial charge in [-0.2, -0.15) is 11.8 Å². The molecule has 15 heavy (non-hydrogen) atoms. The van der Waals surface area contributed by atoms with E-state index >= 15 is 0 Å². The molecule has 3 N–H and O–H groups in total. The minimum atomic E-state index is -0.722. The lowest BCUT2D eigenvalue weighted by atomic mass is 9.96. The van der Waals surface area contributed by atoms with Crippen molar-refractivity contribution in [2.45, 2.75) is 52.1 Å². The summed E-state index contributed by atoms with van der Waals surface area (Å²) in [5, 5.41) is 2.96. The molecule has 2 unspecified atom stereocenters. The molecule has 4 heteroatoms. The molecule has 0 aliphatic rings. The zero-order valence-electron chi connectivity index (χ0n) is 10.3. The molecule has 0 spiro atoms. The van der Waals surface area contributed by atoms with Gasteiger partial charge in [0.2, 0.25) is 5.91 Å². The molecule has 0 aromatic rings.